The Hall–Kier alpha value is -2.68. The standard InChI is InChI=1S/C20H17F3IN5O3S/c1-12(30)25-10-2-3-18-26-27-19(28(18)15-7-5-14(24)6-8-15)33-17-9-4-13(20(21,22)23)11-16(17)29(31)32/h4-9,11H,2-3,10H2,1H3,(H,25,30). The third-order valence-corrected chi connectivity index (χ3v) is 6.15. The first-order chi connectivity index (χ1) is 15.6. The molecule has 3 rings (SSSR count). The number of benzene rings is 2. The van der Waals surface area contributed by atoms with Gasteiger partial charge in [0, 0.05) is 35.2 Å². The lowest BCUT2D eigenvalue weighted by Crippen LogP contribution is -2.21. The Morgan fingerprint density at radius 2 is 1.91 bits per heavy atom. The Morgan fingerprint density at radius 1 is 1.21 bits per heavy atom. The van der Waals surface area contributed by atoms with Crippen LogP contribution in [0.15, 0.2) is 52.5 Å². The largest absolute Gasteiger partial charge is 0.416 e. The van der Waals surface area contributed by atoms with E-state index in [0.717, 1.165) is 27.5 Å². The lowest BCUT2D eigenvalue weighted by molar-refractivity contribution is -0.388. The van der Waals surface area contributed by atoms with Gasteiger partial charge in [-0.05, 0) is 77.2 Å². The molecule has 0 bridgehead atoms. The fraction of sp³-hybridized carbons (Fsp3) is 0.250. The Balaban J connectivity index is 1.98. The average Bonchev–Trinajstić information content (AvgIpc) is 3.13. The molecule has 13 heteroatoms. The molecule has 3 aromatic rings. The molecular formula is C20H17F3IN5O3S. The summed E-state index contributed by atoms with van der Waals surface area (Å²) in [5.41, 5.74) is -1.07. The van der Waals surface area contributed by atoms with Crippen molar-refractivity contribution in [3.05, 3.63) is 67.5 Å². The third kappa shape index (κ3) is 6.43. The number of nitrogens with one attached hydrogen (secondary N) is 1. The fourth-order valence-electron chi connectivity index (χ4n) is 2.91. The topological polar surface area (TPSA) is 103 Å². The van der Waals surface area contributed by atoms with Crippen LogP contribution in [0.1, 0.15) is 24.7 Å². The second-order valence-corrected chi connectivity index (χ2v) is 9.09. The first-order valence-corrected chi connectivity index (χ1v) is 11.4. The van der Waals surface area contributed by atoms with Gasteiger partial charge in [-0.3, -0.25) is 19.5 Å². The number of carbonyl (C=O) groups is 1. The maximum atomic E-state index is 13.0. The molecule has 1 heterocycles. The van der Waals surface area contributed by atoms with Crippen molar-refractivity contribution >= 4 is 45.9 Å². The van der Waals surface area contributed by atoms with Crippen LogP contribution in [0.2, 0.25) is 0 Å². The van der Waals surface area contributed by atoms with E-state index in [-0.39, 0.29) is 16.0 Å². The van der Waals surface area contributed by atoms with Gasteiger partial charge in [-0.15, -0.1) is 10.2 Å². The third-order valence-electron chi connectivity index (χ3n) is 4.42. The summed E-state index contributed by atoms with van der Waals surface area (Å²) in [5, 5.41) is 22.8. The van der Waals surface area contributed by atoms with Gasteiger partial charge >= 0.3 is 6.18 Å². The van der Waals surface area contributed by atoms with Crippen molar-refractivity contribution in [3.63, 3.8) is 0 Å². The molecule has 2 aromatic carbocycles. The highest BCUT2D eigenvalue weighted by Gasteiger charge is 2.33. The molecule has 0 aliphatic carbocycles. The molecular weight excluding hydrogens is 574 g/mol. The van der Waals surface area contributed by atoms with Gasteiger partial charge in [-0.2, -0.15) is 13.2 Å². The maximum Gasteiger partial charge on any atom is 0.416 e. The Kier molecular flexibility index (Phi) is 7.94. The highest BCUT2D eigenvalue weighted by atomic mass is 127. The number of rotatable bonds is 8. The van der Waals surface area contributed by atoms with E-state index in [0.29, 0.717) is 37.0 Å². The Bertz CT molecular complexity index is 1170. The number of carbonyl (C=O) groups excluding carboxylic acids is 1. The highest BCUT2D eigenvalue weighted by Crippen LogP contribution is 2.39. The molecule has 1 amide bonds. The summed E-state index contributed by atoms with van der Waals surface area (Å²) in [7, 11) is 0. The van der Waals surface area contributed by atoms with Crippen LogP contribution >= 0.6 is 34.4 Å². The van der Waals surface area contributed by atoms with Crippen molar-refractivity contribution < 1.29 is 22.9 Å². The zero-order valence-electron chi connectivity index (χ0n) is 17.1. The Morgan fingerprint density at radius 3 is 2.52 bits per heavy atom. The molecule has 0 radical (unpaired) electrons. The molecule has 0 saturated carbocycles. The smallest absolute Gasteiger partial charge is 0.356 e. The number of aryl methyl sites for hydroxylation is 1. The summed E-state index contributed by atoms with van der Waals surface area (Å²) in [4.78, 5) is 21.7. The molecule has 174 valence electrons. The van der Waals surface area contributed by atoms with Gasteiger partial charge in [0.05, 0.1) is 15.4 Å². The first-order valence-electron chi connectivity index (χ1n) is 9.54. The van der Waals surface area contributed by atoms with Crippen LogP contribution in [0.4, 0.5) is 18.9 Å². The first kappa shape index (κ1) is 25.0. The summed E-state index contributed by atoms with van der Waals surface area (Å²) in [6.07, 6.45) is -3.67. The number of amides is 1. The van der Waals surface area contributed by atoms with Crippen LogP contribution in [0, 0.1) is 13.7 Å². The maximum absolute atomic E-state index is 13.0. The molecule has 1 aromatic heterocycles. The molecule has 33 heavy (non-hydrogen) atoms. The van der Waals surface area contributed by atoms with E-state index in [9.17, 15) is 28.1 Å². The van der Waals surface area contributed by atoms with Crippen LogP contribution in [0.3, 0.4) is 0 Å². The molecule has 0 spiro atoms. The van der Waals surface area contributed by atoms with Crippen molar-refractivity contribution in [3.8, 4) is 5.69 Å². The van der Waals surface area contributed by atoms with Gasteiger partial charge in [0.1, 0.15) is 5.82 Å². The molecule has 8 nitrogen and oxygen atoms in total. The predicted octanol–water partition coefficient (Wildman–Crippen LogP) is 5.02. The SMILES string of the molecule is CC(=O)NCCCc1nnc(Sc2ccc(C(F)(F)F)cc2[N+](=O)[O-])n1-c1ccc(I)cc1. The number of nitrogens with zero attached hydrogens (tertiary/aromatic N) is 4. The number of halogens is 4. The summed E-state index contributed by atoms with van der Waals surface area (Å²) in [5.74, 6) is 0.401. The highest BCUT2D eigenvalue weighted by molar-refractivity contribution is 14.1. The molecule has 0 fully saturated rings. The van der Waals surface area contributed by atoms with Gasteiger partial charge < -0.3 is 5.32 Å². The van der Waals surface area contributed by atoms with Crippen molar-refractivity contribution in [2.24, 2.45) is 0 Å². The quantitative estimate of drug-likeness (QED) is 0.171. The monoisotopic (exact) mass is 591 g/mol. The predicted molar refractivity (Wildman–Crippen MR) is 123 cm³/mol. The van der Waals surface area contributed by atoms with Gasteiger partial charge in [-0.25, -0.2) is 0 Å². The van der Waals surface area contributed by atoms with Crippen LogP contribution in [0.5, 0.6) is 0 Å². The van der Waals surface area contributed by atoms with Crippen molar-refractivity contribution in [1.29, 1.82) is 0 Å². The average molecular weight is 591 g/mol. The number of alkyl halides is 3. The number of hydrogen-bond donors (Lipinski definition) is 1. The van der Waals surface area contributed by atoms with Gasteiger partial charge in [0.25, 0.3) is 5.69 Å². The van der Waals surface area contributed by atoms with E-state index < -0.39 is 22.4 Å². The van der Waals surface area contributed by atoms with Crippen LogP contribution < -0.4 is 5.32 Å². The lowest BCUT2D eigenvalue weighted by atomic mass is 10.2. The zero-order valence-corrected chi connectivity index (χ0v) is 20.1. The van der Waals surface area contributed by atoms with Crippen LogP contribution in [0.25, 0.3) is 5.69 Å². The summed E-state index contributed by atoms with van der Waals surface area (Å²) < 4.78 is 41.8. The van der Waals surface area contributed by atoms with Gasteiger partial charge in [-0.1, -0.05) is 0 Å². The van der Waals surface area contributed by atoms with E-state index in [1.54, 1.807) is 4.57 Å². The summed E-state index contributed by atoms with van der Waals surface area (Å²) in [6, 6.07) is 9.77. The van der Waals surface area contributed by atoms with E-state index >= 15 is 0 Å². The van der Waals surface area contributed by atoms with E-state index in [2.05, 4.69) is 38.1 Å². The van der Waals surface area contributed by atoms with Crippen molar-refractivity contribution in [1.82, 2.24) is 20.1 Å². The summed E-state index contributed by atoms with van der Waals surface area (Å²) in [6.45, 7) is 1.85. The van der Waals surface area contributed by atoms with E-state index in [1.165, 1.54) is 6.92 Å². The minimum absolute atomic E-state index is 0.0111. The second kappa shape index (κ2) is 10.5. The number of nitro groups is 1. The molecule has 0 saturated heterocycles. The Labute approximate surface area is 204 Å². The molecule has 0 aliphatic heterocycles. The van der Waals surface area contributed by atoms with Gasteiger partial charge in [0.15, 0.2) is 0 Å². The zero-order chi connectivity index (χ0) is 24.2. The molecule has 1 N–H and O–H groups in total. The normalized spacial score (nSPS) is 11.4. The minimum Gasteiger partial charge on any atom is -0.356 e. The van der Waals surface area contributed by atoms with Crippen molar-refractivity contribution in [2.75, 3.05) is 6.54 Å². The summed E-state index contributed by atoms with van der Waals surface area (Å²) >= 11 is 3.01. The minimum atomic E-state index is -4.70. The molecule has 0 atom stereocenters. The van der Waals surface area contributed by atoms with Crippen molar-refractivity contribution in [2.45, 2.75) is 36.0 Å². The fourth-order valence-corrected chi connectivity index (χ4v) is 4.22. The van der Waals surface area contributed by atoms with Gasteiger partial charge in [0.2, 0.25) is 11.1 Å². The van der Waals surface area contributed by atoms with E-state index in [1.807, 2.05) is 24.3 Å². The molecule has 0 unspecified atom stereocenters. The van der Waals surface area contributed by atoms with E-state index in [4.69, 9.17) is 0 Å². The second-order valence-electron chi connectivity index (χ2n) is 6.84. The number of hydrogen-bond acceptors (Lipinski definition) is 6. The molecule has 0 aliphatic rings. The number of aromatic nitrogens is 3. The lowest BCUT2D eigenvalue weighted by Gasteiger charge is -2.12. The van der Waals surface area contributed by atoms with Crippen LogP contribution in [-0.2, 0) is 17.4 Å². The van der Waals surface area contributed by atoms with Crippen LogP contribution in [-0.4, -0.2) is 32.1 Å². The number of nitro benzene ring substituents is 1.